The van der Waals surface area contributed by atoms with Crippen LogP contribution in [0.1, 0.15) is 28.6 Å². The smallest absolute Gasteiger partial charge is 0.227 e. The molecule has 1 aliphatic heterocycles. The van der Waals surface area contributed by atoms with Crippen LogP contribution in [0.3, 0.4) is 0 Å². The van der Waals surface area contributed by atoms with E-state index < -0.39 is 0 Å². The Balaban J connectivity index is 1.39. The molecule has 0 bridgehead atoms. The second-order valence-electron chi connectivity index (χ2n) is 5.93. The molecule has 1 aliphatic rings. The lowest BCUT2D eigenvalue weighted by atomic mass is 9.97. The third-order valence-electron chi connectivity index (χ3n) is 4.41. The number of nitrogens with zero attached hydrogens (tertiary/aromatic N) is 2. The summed E-state index contributed by atoms with van der Waals surface area (Å²) in [6, 6.07) is 12.4. The van der Waals surface area contributed by atoms with Crippen molar-refractivity contribution >= 4 is 38.8 Å². The number of amides is 1. The summed E-state index contributed by atoms with van der Waals surface area (Å²) in [4.78, 5) is 20.3. The first-order chi connectivity index (χ1) is 11.3. The second-order valence-corrected chi connectivity index (χ2v) is 8.03. The number of para-hydroxylation sites is 1. The number of carbonyl (C=O) groups excluding carboxylic acids is 1. The van der Waals surface area contributed by atoms with Crippen molar-refractivity contribution in [3.63, 3.8) is 0 Å². The van der Waals surface area contributed by atoms with Gasteiger partial charge in [0.25, 0.3) is 0 Å². The normalized spacial score (nSPS) is 16.1. The van der Waals surface area contributed by atoms with Crippen molar-refractivity contribution in [2.45, 2.75) is 25.2 Å². The van der Waals surface area contributed by atoms with Crippen LogP contribution in [-0.4, -0.2) is 28.9 Å². The molecule has 0 atom stereocenters. The largest absolute Gasteiger partial charge is 0.342 e. The van der Waals surface area contributed by atoms with E-state index in [1.165, 1.54) is 9.71 Å². The molecule has 0 aliphatic carbocycles. The molecule has 0 spiro atoms. The molecule has 4 rings (SSSR count). The number of likely N-dealkylation sites (tertiary alicyclic amines) is 1. The average Bonchev–Trinajstić information content (AvgIpc) is 3.24. The molecule has 118 valence electrons. The minimum absolute atomic E-state index is 0.259. The first-order valence-corrected chi connectivity index (χ1v) is 9.65. The summed E-state index contributed by atoms with van der Waals surface area (Å²) >= 11 is 3.46. The lowest BCUT2D eigenvalue weighted by molar-refractivity contribution is -0.131. The number of hydrogen-bond acceptors (Lipinski definition) is 4. The number of rotatable bonds is 3. The number of thiazole rings is 1. The van der Waals surface area contributed by atoms with Gasteiger partial charge in [-0.3, -0.25) is 4.79 Å². The summed E-state index contributed by atoms with van der Waals surface area (Å²) in [7, 11) is 0. The molecule has 1 aromatic carbocycles. The van der Waals surface area contributed by atoms with Crippen LogP contribution in [0.5, 0.6) is 0 Å². The average molecular weight is 342 g/mol. The number of fused-ring (bicyclic) bond motifs is 1. The van der Waals surface area contributed by atoms with Gasteiger partial charge in [0, 0.05) is 23.9 Å². The quantitative estimate of drug-likeness (QED) is 0.711. The fourth-order valence-corrected chi connectivity index (χ4v) is 4.95. The molecule has 5 heteroatoms. The van der Waals surface area contributed by atoms with Gasteiger partial charge in [-0.2, -0.15) is 0 Å². The van der Waals surface area contributed by atoms with E-state index in [2.05, 4.69) is 18.2 Å². The number of aromatic nitrogens is 1. The molecule has 0 unspecified atom stereocenters. The Morgan fingerprint density at radius 1 is 1.17 bits per heavy atom. The summed E-state index contributed by atoms with van der Waals surface area (Å²) in [6.45, 7) is 1.70. The highest BCUT2D eigenvalue weighted by atomic mass is 32.1. The molecule has 1 saturated heterocycles. The number of carbonyl (C=O) groups is 1. The molecule has 1 fully saturated rings. The molecule has 1 amide bonds. The van der Waals surface area contributed by atoms with Crippen LogP contribution in [0, 0.1) is 0 Å². The van der Waals surface area contributed by atoms with E-state index in [4.69, 9.17) is 4.98 Å². The van der Waals surface area contributed by atoms with Crippen LogP contribution in [0.4, 0.5) is 0 Å². The number of piperidine rings is 1. The third kappa shape index (κ3) is 3.16. The monoisotopic (exact) mass is 342 g/mol. The number of thiophene rings is 1. The molecule has 3 nitrogen and oxygen atoms in total. The predicted molar refractivity (Wildman–Crippen MR) is 96.2 cm³/mol. The number of hydrogen-bond donors (Lipinski definition) is 0. The van der Waals surface area contributed by atoms with Crippen molar-refractivity contribution in [2.75, 3.05) is 13.1 Å². The zero-order chi connectivity index (χ0) is 15.6. The lowest BCUT2D eigenvalue weighted by Gasteiger charge is -2.31. The van der Waals surface area contributed by atoms with Gasteiger partial charge in [-0.1, -0.05) is 18.2 Å². The van der Waals surface area contributed by atoms with Crippen molar-refractivity contribution in [1.82, 2.24) is 9.88 Å². The first-order valence-electron chi connectivity index (χ1n) is 7.95. The van der Waals surface area contributed by atoms with Crippen LogP contribution < -0.4 is 0 Å². The minimum Gasteiger partial charge on any atom is -0.342 e. The lowest BCUT2D eigenvalue weighted by Crippen LogP contribution is -2.38. The molecular weight excluding hydrogens is 324 g/mol. The van der Waals surface area contributed by atoms with E-state index in [0.29, 0.717) is 12.3 Å². The van der Waals surface area contributed by atoms with Gasteiger partial charge in [0.05, 0.1) is 21.6 Å². The fourth-order valence-electron chi connectivity index (χ4n) is 3.11. The molecule has 2 aromatic heterocycles. The van der Waals surface area contributed by atoms with Crippen LogP contribution in [0.25, 0.3) is 10.2 Å². The maximum absolute atomic E-state index is 12.4. The van der Waals surface area contributed by atoms with E-state index >= 15 is 0 Å². The summed E-state index contributed by atoms with van der Waals surface area (Å²) in [5, 5.41) is 3.26. The molecule has 0 N–H and O–H groups in total. The van der Waals surface area contributed by atoms with Gasteiger partial charge in [0.2, 0.25) is 5.91 Å². The fraction of sp³-hybridized carbons (Fsp3) is 0.333. The highest BCUT2D eigenvalue weighted by Gasteiger charge is 2.25. The highest BCUT2D eigenvalue weighted by molar-refractivity contribution is 7.18. The zero-order valence-corrected chi connectivity index (χ0v) is 14.4. The Bertz CT molecular complexity index is 768. The standard InChI is InChI=1S/C18H18N2OS2/c21-17(12-14-4-3-11-22-14)20-9-7-13(8-10-20)18-19-15-5-1-2-6-16(15)23-18/h1-6,11,13H,7-10,12H2. The molecule has 0 saturated carbocycles. The topological polar surface area (TPSA) is 33.2 Å². The predicted octanol–water partition coefficient (Wildman–Crippen LogP) is 4.31. The maximum Gasteiger partial charge on any atom is 0.227 e. The molecular formula is C18H18N2OS2. The Morgan fingerprint density at radius 3 is 2.74 bits per heavy atom. The van der Waals surface area contributed by atoms with Crippen molar-refractivity contribution in [2.24, 2.45) is 0 Å². The van der Waals surface area contributed by atoms with Crippen molar-refractivity contribution < 1.29 is 4.79 Å². The zero-order valence-electron chi connectivity index (χ0n) is 12.8. The van der Waals surface area contributed by atoms with Crippen LogP contribution in [0.15, 0.2) is 41.8 Å². The Kier molecular flexibility index (Phi) is 4.14. The van der Waals surface area contributed by atoms with Crippen LogP contribution in [0.2, 0.25) is 0 Å². The van der Waals surface area contributed by atoms with E-state index in [9.17, 15) is 4.79 Å². The van der Waals surface area contributed by atoms with Crippen molar-refractivity contribution in [3.05, 3.63) is 51.7 Å². The van der Waals surface area contributed by atoms with Gasteiger partial charge in [-0.25, -0.2) is 4.98 Å². The minimum atomic E-state index is 0.259. The number of benzene rings is 1. The molecule has 3 aromatic rings. The van der Waals surface area contributed by atoms with Gasteiger partial charge < -0.3 is 4.90 Å². The summed E-state index contributed by atoms with van der Waals surface area (Å²) in [5.41, 5.74) is 1.10. The van der Waals surface area contributed by atoms with Gasteiger partial charge in [0.15, 0.2) is 0 Å². The van der Waals surface area contributed by atoms with E-state index in [1.807, 2.05) is 28.5 Å². The van der Waals surface area contributed by atoms with Gasteiger partial charge in [-0.15, -0.1) is 22.7 Å². The summed E-state index contributed by atoms with van der Waals surface area (Å²) in [6.07, 6.45) is 2.59. The van der Waals surface area contributed by atoms with E-state index in [-0.39, 0.29) is 5.91 Å². The summed E-state index contributed by atoms with van der Waals surface area (Å²) in [5.74, 6) is 0.758. The van der Waals surface area contributed by atoms with Gasteiger partial charge in [-0.05, 0) is 36.4 Å². The highest BCUT2D eigenvalue weighted by Crippen LogP contribution is 2.33. The van der Waals surface area contributed by atoms with Crippen LogP contribution in [-0.2, 0) is 11.2 Å². The third-order valence-corrected chi connectivity index (χ3v) is 6.49. The second kappa shape index (κ2) is 6.42. The van der Waals surface area contributed by atoms with Crippen molar-refractivity contribution in [3.8, 4) is 0 Å². The Hall–Kier alpha value is -1.72. The Labute approximate surface area is 143 Å². The molecule has 23 heavy (non-hydrogen) atoms. The van der Waals surface area contributed by atoms with Gasteiger partial charge >= 0.3 is 0 Å². The Morgan fingerprint density at radius 2 is 2.00 bits per heavy atom. The molecule has 3 heterocycles. The van der Waals surface area contributed by atoms with E-state index in [0.717, 1.165) is 36.3 Å². The van der Waals surface area contributed by atoms with Crippen LogP contribution >= 0.6 is 22.7 Å². The molecule has 0 radical (unpaired) electrons. The van der Waals surface area contributed by atoms with Crippen molar-refractivity contribution in [1.29, 1.82) is 0 Å². The van der Waals surface area contributed by atoms with E-state index in [1.54, 1.807) is 22.7 Å². The first kappa shape index (κ1) is 14.8. The van der Waals surface area contributed by atoms with Gasteiger partial charge in [0.1, 0.15) is 0 Å². The summed E-state index contributed by atoms with van der Waals surface area (Å²) < 4.78 is 1.26. The SMILES string of the molecule is O=C(Cc1cccs1)N1CCC(c2nc3ccccc3s2)CC1. The maximum atomic E-state index is 12.4.